The molecule has 7 heteroatoms. The zero-order valence-electron chi connectivity index (χ0n) is 11.4. The molecule has 2 heterocycles. The largest absolute Gasteiger partial charge is 0.342 e. The highest BCUT2D eigenvalue weighted by atomic mass is 32.2. The molecule has 0 saturated carbocycles. The standard InChI is InChI=1S/C12H23N3O3S/c1-19(17,18)14-11-4-7-15(8-5-11)12(16)10-3-2-6-13-9-10/h10-11,13-14H,2-9H2,1H3/t10-/m1/s1. The second kappa shape index (κ2) is 6.19. The maximum absolute atomic E-state index is 12.3. The van der Waals surface area contributed by atoms with Crippen LogP contribution in [0, 0.1) is 5.92 Å². The minimum atomic E-state index is -3.15. The smallest absolute Gasteiger partial charge is 0.226 e. The molecule has 0 spiro atoms. The Morgan fingerprint density at radius 1 is 1.26 bits per heavy atom. The van der Waals surface area contributed by atoms with E-state index >= 15 is 0 Å². The third-order valence-electron chi connectivity index (χ3n) is 3.83. The van der Waals surface area contributed by atoms with Gasteiger partial charge in [-0.2, -0.15) is 0 Å². The van der Waals surface area contributed by atoms with Gasteiger partial charge in [-0.05, 0) is 32.2 Å². The fourth-order valence-corrected chi connectivity index (χ4v) is 3.68. The van der Waals surface area contributed by atoms with E-state index < -0.39 is 10.0 Å². The van der Waals surface area contributed by atoms with Crippen molar-refractivity contribution in [3.63, 3.8) is 0 Å². The molecule has 0 aromatic rings. The molecule has 2 saturated heterocycles. The first-order valence-corrected chi connectivity index (χ1v) is 8.81. The molecule has 19 heavy (non-hydrogen) atoms. The Balaban J connectivity index is 1.80. The number of carbonyl (C=O) groups is 1. The molecule has 6 nitrogen and oxygen atoms in total. The quantitative estimate of drug-likeness (QED) is 0.736. The third-order valence-corrected chi connectivity index (χ3v) is 4.59. The lowest BCUT2D eigenvalue weighted by Crippen LogP contribution is -2.49. The topological polar surface area (TPSA) is 78.5 Å². The fraction of sp³-hybridized carbons (Fsp3) is 0.917. The zero-order chi connectivity index (χ0) is 13.9. The monoisotopic (exact) mass is 289 g/mol. The number of hydrogen-bond donors (Lipinski definition) is 2. The number of nitrogens with zero attached hydrogens (tertiary/aromatic N) is 1. The summed E-state index contributed by atoms with van der Waals surface area (Å²) in [5.74, 6) is 0.332. The van der Waals surface area contributed by atoms with Gasteiger partial charge in [0, 0.05) is 25.7 Å². The molecule has 2 N–H and O–H groups in total. The van der Waals surface area contributed by atoms with Crippen molar-refractivity contribution in [1.82, 2.24) is 14.9 Å². The summed E-state index contributed by atoms with van der Waals surface area (Å²) in [5.41, 5.74) is 0. The van der Waals surface area contributed by atoms with Crippen LogP contribution < -0.4 is 10.0 Å². The van der Waals surface area contributed by atoms with Gasteiger partial charge in [-0.15, -0.1) is 0 Å². The Morgan fingerprint density at radius 2 is 1.95 bits per heavy atom. The minimum absolute atomic E-state index is 0.0245. The van der Waals surface area contributed by atoms with E-state index in [1.165, 1.54) is 6.26 Å². The van der Waals surface area contributed by atoms with Gasteiger partial charge in [0.15, 0.2) is 0 Å². The normalized spacial score (nSPS) is 26.4. The molecule has 0 aromatic heterocycles. The number of amides is 1. The van der Waals surface area contributed by atoms with Crippen molar-refractivity contribution in [3.05, 3.63) is 0 Å². The van der Waals surface area contributed by atoms with Crippen LogP contribution in [0.2, 0.25) is 0 Å². The van der Waals surface area contributed by atoms with Gasteiger partial charge in [-0.3, -0.25) is 4.79 Å². The van der Waals surface area contributed by atoms with E-state index in [4.69, 9.17) is 0 Å². The first-order chi connectivity index (χ1) is 8.96. The highest BCUT2D eigenvalue weighted by Gasteiger charge is 2.29. The van der Waals surface area contributed by atoms with Crippen LogP contribution in [0.1, 0.15) is 25.7 Å². The summed E-state index contributed by atoms with van der Waals surface area (Å²) in [6, 6.07) is -0.0245. The number of sulfonamides is 1. The summed E-state index contributed by atoms with van der Waals surface area (Å²) < 4.78 is 24.9. The number of rotatable bonds is 3. The lowest BCUT2D eigenvalue weighted by molar-refractivity contribution is -0.137. The lowest BCUT2D eigenvalue weighted by Gasteiger charge is -2.35. The van der Waals surface area contributed by atoms with Gasteiger partial charge < -0.3 is 10.2 Å². The molecule has 2 rings (SSSR count). The van der Waals surface area contributed by atoms with Crippen molar-refractivity contribution in [2.24, 2.45) is 5.92 Å². The average Bonchev–Trinajstić information content (AvgIpc) is 2.38. The van der Waals surface area contributed by atoms with Crippen molar-refractivity contribution in [2.75, 3.05) is 32.4 Å². The molecule has 0 aliphatic carbocycles. The van der Waals surface area contributed by atoms with E-state index in [0.29, 0.717) is 25.9 Å². The first kappa shape index (κ1) is 14.7. The fourth-order valence-electron chi connectivity index (χ4n) is 2.84. The van der Waals surface area contributed by atoms with Crippen molar-refractivity contribution in [1.29, 1.82) is 0 Å². The summed E-state index contributed by atoms with van der Waals surface area (Å²) in [6.07, 6.45) is 4.62. The van der Waals surface area contributed by atoms with Crippen LogP contribution in [-0.4, -0.2) is 57.7 Å². The molecule has 2 fully saturated rings. The van der Waals surface area contributed by atoms with Crippen molar-refractivity contribution in [2.45, 2.75) is 31.7 Å². The van der Waals surface area contributed by atoms with E-state index in [0.717, 1.165) is 25.9 Å². The van der Waals surface area contributed by atoms with Gasteiger partial charge in [0.05, 0.1) is 12.2 Å². The van der Waals surface area contributed by atoms with Crippen molar-refractivity contribution < 1.29 is 13.2 Å². The highest BCUT2D eigenvalue weighted by molar-refractivity contribution is 7.88. The zero-order valence-corrected chi connectivity index (χ0v) is 12.2. The average molecular weight is 289 g/mol. The minimum Gasteiger partial charge on any atom is -0.342 e. The van der Waals surface area contributed by atoms with Crippen LogP contribution in [0.3, 0.4) is 0 Å². The molecule has 1 atom stereocenters. The molecule has 2 aliphatic rings. The second-order valence-corrected chi connectivity index (χ2v) is 7.31. The van der Waals surface area contributed by atoms with Crippen LogP contribution in [0.25, 0.3) is 0 Å². The summed E-state index contributed by atoms with van der Waals surface area (Å²) in [4.78, 5) is 14.2. The molecule has 0 aromatic carbocycles. The van der Waals surface area contributed by atoms with Gasteiger partial charge in [0.2, 0.25) is 15.9 Å². The van der Waals surface area contributed by atoms with Gasteiger partial charge in [0.1, 0.15) is 0 Å². The Hall–Kier alpha value is -0.660. The number of nitrogens with one attached hydrogen (secondary N) is 2. The molecule has 110 valence electrons. The Kier molecular flexibility index (Phi) is 4.81. The lowest BCUT2D eigenvalue weighted by atomic mass is 9.96. The van der Waals surface area contributed by atoms with Crippen LogP contribution in [0.15, 0.2) is 0 Å². The summed E-state index contributed by atoms with van der Waals surface area (Å²) in [5, 5.41) is 3.26. The number of piperidine rings is 2. The molecular formula is C12H23N3O3S. The Labute approximate surface area is 115 Å². The molecule has 0 unspecified atom stereocenters. The molecule has 2 aliphatic heterocycles. The van der Waals surface area contributed by atoms with Crippen LogP contribution in [0.4, 0.5) is 0 Å². The van der Waals surface area contributed by atoms with E-state index in [2.05, 4.69) is 10.0 Å². The molecular weight excluding hydrogens is 266 g/mol. The number of likely N-dealkylation sites (tertiary alicyclic amines) is 1. The summed E-state index contributed by atoms with van der Waals surface area (Å²) in [6.45, 7) is 3.09. The van der Waals surface area contributed by atoms with E-state index in [1.54, 1.807) is 0 Å². The summed E-state index contributed by atoms with van der Waals surface area (Å²) >= 11 is 0. The van der Waals surface area contributed by atoms with Crippen LogP contribution in [0.5, 0.6) is 0 Å². The third kappa shape index (κ3) is 4.43. The second-order valence-electron chi connectivity index (χ2n) is 5.53. The van der Waals surface area contributed by atoms with Crippen LogP contribution in [-0.2, 0) is 14.8 Å². The Morgan fingerprint density at radius 3 is 2.47 bits per heavy atom. The Bertz CT molecular complexity index is 410. The predicted octanol–water partition coefficient (Wildman–Crippen LogP) is -0.474. The van der Waals surface area contributed by atoms with Gasteiger partial charge in [-0.1, -0.05) is 0 Å². The van der Waals surface area contributed by atoms with Gasteiger partial charge in [0.25, 0.3) is 0 Å². The number of hydrogen-bond acceptors (Lipinski definition) is 4. The highest BCUT2D eigenvalue weighted by Crippen LogP contribution is 2.18. The SMILES string of the molecule is CS(=O)(=O)NC1CCN(C(=O)[C@@H]2CCCNC2)CC1. The number of carbonyl (C=O) groups excluding carboxylic acids is 1. The first-order valence-electron chi connectivity index (χ1n) is 6.92. The molecule has 0 radical (unpaired) electrons. The van der Waals surface area contributed by atoms with Crippen molar-refractivity contribution >= 4 is 15.9 Å². The molecule has 1 amide bonds. The van der Waals surface area contributed by atoms with Gasteiger partial charge >= 0.3 is 0 Å². The summed E-state index contributed by atoms with van der Waals surface area (Å²) in [7, 11) is -3.15. The maximum atomic E-state index is 12.3. The molecule has 0 bridgehead atoms. The van der Waals surface area contributed by atoms with Crippen molar-refractivity contribution in [3.8, 4) is 0 Å². The predicted molar refractivity (Wildman–Crippen MR) is 73.2 cm³/mol. The van der Waals surface area contributed by atoms with Gasteiger partial charge in [-0.25, -0.2) is 13.1 Å². The maximum Gasteiger partial charge on any atom is 0.226 e. The van der Waals surface area contributed by atoms with E-state index in [9.17, 15) is 13.2 Å². The van der Waals surface area contributed by atoms with Crippen LogP contribution >= 0.6 is 0 Å². The van der Waals surface area contributed by atoms with E-state index in [-0.39, 0.29) is 17.9 Å². The van der Waals surface area contributed by atoms with E-state index in [1.807, 2.05) is 4.90 Å².